The fourth-order valence-electron chi connectivity index (χ4n) is 1.96. The highest BCUT2D eigenvalue weighted by Crippen LogP contribution is 2.43. The molecule has 0 fully saturated rings. The number of phosphoric acid groups is 2. The van der Waals surface area contributed by atoms with E-state index in [1.165, 1.54) is 0 Å². The third-order valence-electron chi connectivity index (χ3n) is 3.06. The van der Waals surface area contributed by atoms with Crippen LogP contribution in [0.15, 0.2) is 0 Å². The number of nitrogens with two attached hydrogens (primary N) is 2. The summed E-state index contributed by atoms with van der Waals surface area (Å²) in [5, 5.41) is 0. The zero-order valence-electron chi connectivity index (χ0n) is 14.4. The minimum atomic E-state index is -4.08. The molecule has 0 rings (SSSR count). The first-order valence-corrected chi connectivity index (χ1v) is 11.0. The molecular weight excluding hydrogens is 378 g/mol. The van der Waals surface area contributed by atoms with Crippen LogP contribution in [-0.4, -0.2) is 49.7 Å². The van der Waals surface area contributed by atoms with E-state index in [9.17, 15) is 18.9 Å². The third-order valence-corrected chi connectivity index (χ3v) is 5.02. The lowest BCUT2D eigenvalue weighted by atomic mass is 9.99. The lowest BCUT2D eigenvalue weighted by molar-refractivity contribution is 0.0926. The summed E-state index contributed by atoms with van der Waals surface area (Å²) in [5.74, 6) is 0.147. The average Bonchev–Trinajstić information content (AvgIpc) is 2.52. The quantitative estimate of drug-likeness (QED) is 0.155. The highest BCUT2D eigenvalue weighted by molar-refractivity contribution is 7.47. The molecule has 25 heavy (non-hydrogen) atoms. The van der Waals surface area contributed by atoms with Crippen LogP contribution < -0.4 is 11.5 Å². The minimum absolute atomic E-state index is 0.0447. The molecule has 6 N–H and O–H groups in total. The van der Waals surface area contributed by atoms with E-state index in [1.807, 2.05) is 6.92 Å². The lowest BCUT2D eigenvalue weighted by Gasteiger charge is -2.18. The highest BCUT2D eigenvalue weighted by atomic mass is 31.2. The molecule has 0 aromatic heterocycles. The summed E-state index contributed by atoms with van der Waals surface area (Å²) in [5.41, 5.74) is 10.0. The van der Waals surface area contributed by atoms with Gasteiger partial charge in [-0.2, -0.15) is 0 Å². The van der Waals surface area contributed by atoms with Gasteiger partial charge < -0.3 is 26.0 Å². The van der Waals surface area contributed by atoms with Crippen molar-refractivity contribution in [3.05, 3.63) is 0 Å². The van der Waals surface area contributed by atoms with Gasteiger partial charge in [0, 0.05) is 13.2 Å². The molecule has 2 atom stereocenters. The maximum Gasteiger partial charge on any atom is 0.473 e. The van der Waals surface area contributed by atoms with Crippen LogP contribution in [0.25, 0.3) is 0 Å². The van der Waals surface area contributed by atoms with Crippen LogP contribution in [0.3, 0.4) is 0 Å². The molecule has 0 spiro atoms. The average molecular weight is 408 g/mol. The normalized spacial score (nSPS) is 17.8. The first kappa shape index (κ1) is 25.1. The standard InChI is InChI=1S/C12H30N2O9P2/c1-2-19-9-12(5-3-7-20-24(15,16)22-10-13)6-4-8-21-25(17,18)23-11-14/h12H,2-11,13-14H2,1H3,(H,15,16)(H,17,18). The van der Waals surface area contributed by atoms with Crippen LogP contribution >= 0.6 is 15.6 Å². The van der Waals surface area contributed by atoms with E-state index < -0.39 is 29.1 Å². The van der Waals surface area contributed by atoms with Crippen molar-refractivity contribution in [1.29, 1.82) is 0 Å². The molecule has 0 heterocycles. The topological polar surface area (TPSA) is 173 Å². The Morgan fingerprint density at radius 2 is 1.32 bits per heavy atom. The molecule has 0 saturated carbocycles. The van der Waals surface area contributed by atoms with E-state index in [0.717, 1.165) is 0 Å². The number of ether oxygens (including phenoxy) is 1. The molecule has 0 bridgehead atoms. The van der Waals surface area contributed by atoms with Crippen molar-refractivity contribution in [3.8, 4) is 0 Å². The van der Waals surface area contributed by atoms with Gasteiger partial charge in [0.2, 0.25) is 0 Å². The first-order chi connectivity index (χ1) is 11.8. The van der Waals surface area contributed by atoms with E-state index in [1.54, 1.807) is 0 Å². The zero-order valence-corrected chi connectivity index (χ0v) is 16.2. The molecule has 0 aromatic carbocycles. The monoisotopic (exact) mass is 408 g/mol. The van der Waals surface area contributed by atoms with Gasteiger partial charge in [-0.15, -0.1) is 0 Å². The van der Waals surface area contributed by atoms with Gasteiger partial charge in [-0.1, -0.05) is 0 Å². The number of rotatable bonds is 17. The van der Waals surface area contributed by atoms with Crippen LogP contribution in [0.4, 0.5) is 0 Å². The van der Waals surface area contributed by atoms with Crippen molar-refractivity contribution in [2.45, 2.75) is 32.6 Å². The Labute approximate surface area is 148 Å². The second-order valence-electron chi connectivity index (χ2n) is 5.01. The Balaban J connectivity index is 4.07. The highest BCUT2D eigenvalue weighted by Gasteiger charge is 2.21. The molecular formula is C12H30N2O9P2. The summed E-state index contributed by atoms with van der Waals surface area (Å²) in [6, 6.07) is 0. The maximum atomic E-state index is 11.3. The van der Waals surface area contributed by atoms with E-state index in [4.69, 9.17) is 25.3 Å². The zero-order chi connectivity index (χ0) is 19.2. The van der Waals surface area contributed by atoms with Crippen LogP contribution in [0.2, 0.25) is 0 Å². The van der Waals surface area contributed by atoms with Crippen molar-refractivity contribution in [1.82, 2.24) is 0 Å². The summed E-state index contributed by atoms with van der Waals surface area (Å²) in [4.78, 5) is 18.5. The Morgan fingerprint density at radius 3 is 1.68 bits per heavy atom. The summed E-state index contributed by atoms with van der Waals surface area (Å²) >= 11 is 0. The molecule has 0 aliphatic carbocycles. The van der Waals surface area contributed by atoms with Crippen molar-refractivity contribution in [2.75, 3.05) is 39.9 Å². The molecule has 11 nitrogen and oxygen atoms in total. The third kappa shape index (κ3) is 14.9. The van der Waals surface area contributed by atoms with E-state index in [0.29, 0.717) is 38.9 Å². The van der Waals surface area contributed by atoms with E-state index >= 15 is 0 Å². The largest absolute Gasteiger partial charge is 0.473 e. The minimum Gasteiger partial charge on any atom is -0.381 e. The van der Waals surface area contributed by atoms with Crippen LogP contribution in [0, 0.1) is 5.92 Å². The van der Waals surface area contributed by atoms with E-state index in [2.05, 4.69) is 9.05 Å². The lowest BCUT2D eigenvalue weighted by Crippen LogP contribution is -2.12. The van der Waals surface area contributed by atoms with Crippen molar-refractivity contribution in [2.24, 2.45) is 17.4 Å². The van der Waals surface area contributed by atoms with Gasteiger partial charge in [0.1, 0.15) is 13.5 Å². The van der Waals surface area contributed by atoms with Crippen molar-refractivity contribution < 1.29 is 41.7 Å². The van der Waals surface area contributed by atoms with Crippen molar-refractivity contribution >= 4 is 15.6 Å². The Hall–Kier alpha value is 0.1000. The Kier molecular flexibility index (Phi) is 14.3. The molecule has 0 aromatic rings. The Bertz CT molecular complexity index is 393. The molecule has 0 amide bonds. The summed E-state index contributed by atoms with van der Waals surface area (Å²) in [6.45, 7) is 2.24. The molecule has 152 valence electrons. The molecule has 2 unspecified atom stereocenters. The van der Waals surface area contributed by atoms with Crippen molar-refractivity contribution in [3.63, 3.8) is 0 Å². The summed E-state index contributed by atoms with van der Waals surface area (Å²) in [7, 11) is -8.17. The van der Waals surface area contributed by atoms with Gasteiger partial charge in [-0.25, -0.2) is 9.13 Å². The summed E-state index contributed by atoms with van der Waals surface area (Å²) in [6.07, 6.45) is 2.40. The van der Waals surface area contributed by atoms with Gasteiger partial charge in [0.05, 0.1) is 13.2 Å². The molecule has 0 radical (unpaired) electrons. The van der Waals surface area contributed by atoms with E-state index in [-0.39, 0.29) is 19.1 Å². The Morgan fingerprint density at radius 1 is 0.880 bits per heavy atom. The van der Waals surface area contributed by atoms with Crippen LogP contribution in [0.5, 0.6) is 0 Å². The molecule has 0 aliphatic heterocycles. The fraction of sp³-hybridized carbons (Fsp3) is 1.00. The second kappa shape index (κ2) is 14.2. The maximum absolute atomic E-state index is 11.3. The van der Waals surface area contributed by atoms with Gasteiger partial charge in [-0.05, 0) is 38.5 Å². The fourth-order valence-corrected chi connectivity index (χ4v) is 3.21. The molecule has 0 aliphatic rings. The second-order valence-corrected chi connectivity index (χ2v) is 7.91. The SMILES string of the molecule is CCOCC(CCCOP(=O)(O)OCN)CCCOP(=O)(O)OCN. The first-order valence-electron chi connectivity index (χ1n) is 7.98. The number of hydrogen-bond acceptors (Lipinski definition) is 9. The number of phosphoric ester groups is 2. The van der Waals surface area contributed by atoms with Gasteiger partial charge >= 0.3 is 15.6 Å². The predicted octanol–water partition coefficient (Wildman–Crippen LogP) is 1.30. The number of hydrogen-bond donors (Lipinski definition) is 4. The predicted molar refractivity (Wildman–Crippen MR) is 90.3 cm³/mol. The van der Waals surface area contributed by atoms with Gasteiger partial charge in [-0.3, -0.25) is 18.1 Å². The van der Waals surface area contributed by atoms with Gasteiger partial charge in [0.25, 0.3) is 0 Å². The smallest absolute Gasteiger partial charge is 0.381 e. The van der Waals surface area contributed by atoms with Crippen LogP contribution in [-0.2, 0) is 32.0 Å². The molecule has 13 heteroatoms. The van der Waals surface area contributed by atoms with Gasteiger partial charge in [0.15, 0.2) is 0 Å². The van der Waals surface area contributed by atoms with Crippen LogP contribution in [0.1, 0.15) is 32.6 Å². The molecule has 0 saturated heterocycles. The summed E-state index contributed by atoms with van der Waals surface area (Å²) < 4.78 is 46.3.